The lowest BCUT2D eigenvalue weighted by Crippen LogP contribution is -2.45. The van der Waals surface area contributed by atoms with E-state index in [4.69, 9.17) is 4.74 Å². The quantitative estimate of drug-likeness (QED) is 0.291. The fraction of sp³-hybridized carbons (Fsp3) is 0.594. The molecule has 2 aliphatic heterocycles. The lowest BCUT2D eigenvalue weighted by Gasteiger charge is -2.42. The first-order valence-electron chi connectivity index (χ1n) is 15.4. The minimum Gasteiger partial charge on any atom is -0.465 e. The Hall–Kier alpha value is -3.01. The van der Waals surface area contributed by atoms with Crippen LogP contribution in [0, 0.1) is 5.41 Å². The molecule has 0 bridgehead atoms. The van der Waals surface area contributed by atoms with Crippen LogP contribution in [0.2, 0.25) is 0 Å². The molecule has 3 aromatic rings. The Morgan fingerprint density at radius 1 is 0.976 bits per heavy atom. The summed E-state index contributed by atoms with van der Waals surface area (Å²) in [7, 11) is 0. The van der Waals surface area contributed by atoms with E-state index in [1.807, 2.05) is 19.3 Å². The molecule has 2 fully saturated rings. The lowest BCUT2D eigenvalue weighted by atomic mass is 9.76. The van der Waals surface area contributed by atoms with Crippen LogP contribution in [-0.2, 0) is 35.7 Å². The highest BCUT2D eigenvalue weighted by atomic mass is 16.5. The highest BCUT2D eigenvalue weighted by Crippen LogP contribution is 2.44. The van der Waals surface area contributed by atoms with E-state index < -0.39 is 0 Å². The van der Waals surface area contributed by atoms with Gasteiger partial charge in [0.2, 0.25) is 0 Å². The molecule has 0 unspecified atom stereocenters. The van der Waals surface area contributed by atoms with Crippen LogP contribution in [0.25, 0.3) is 0 Å². The molecule has 4 heterocycles. The molecular weight excluding hydrogens is 514 g/mol. The van der Waals surface area contributed by atoms with Gasteiger partial charge in [0.05, 0.1) is 19.7 Å². The number of hydrogen-bond acceptors (Lipinski definition) is 7. The van der Waals surface area contributed by atoms with E-state index in [-0.39, 0.29) is 17.4 Å². The van der Waals surface area contributed by atoms with Crippen molar-refractivity contribution >= 4 is 5.97 Å². The second-order valence-electron chi connectivity index (χ2n) is 11.9. The Kier molecular flexibility index (Phi) is 9.90. The number of nitrogens with zero attached hydrogens (tertiary/aromatic N) is 5. The maximum atomic E-state index is 13.1. The van der Waals surface area contributed by atoms with Crippen molar-refractivity contribution in [3.05, 3.63) is 71.8 Å². The molecule has 0 aliphatic carbocycles. The standard InChI is InChI=1S/C32H47N7O2/c1-4-27(5-2)38-17-11-32(12-18-38)19-28(31(40)41-6-3)39(24-32)21-26-9-7-25(8-10-26)20-37(22-29-33-13-14-34-29)23-30-35-15-16-36-30/h7-10,13-16,27-28H,4-6,11-12,17-24H2,1-3H3,(H,33,34)(H,35,36)/t28-/m0/s1. The van der Waals surface area contributed by atoms with E-state index in [0.29, 0.717) is 25.7 Å². The number of nitrogens with one attached hydrogen (secondary N) is 2. The fourth-order valence-electron chi connectivity index (χ4n) is 6.92. The number of rotatable bonds is 13. The molecule has 2 aromatic heterocycles. The Balaban J connectivity index is 1.24. The molecular formula is C32H47N7O2. The second kappa shape index (κ2) is 13.8. The van der Waals surface area contributed by atoms with E-state index in [2.05, 4.69) is 72.7 Å². The monoisotopic (exact) mass is 561 g/mol. The zero-order chi connectivity index (χ0) is 28.7. The van der Waals surface area contributed by atoms with E-state index >= 15 is 0 Å². The van der Waals surface area contributed by atoms with Crippen LogP contribution in [0.4, 0.5) is 0 Å². The first kappa shape index (κ1) is 29.5. The molecule has 2 aliphatic rings. The molecule has 0 radical (unpaired) electrons. The molecule has 1 atom stereocenters. The van der Waals surface area contributed by atoms with Crippen molar-refractivity contribution in [2.45, 2.75) is 91.1 Å². The van der Waals surface area contributed by atoms with Crippen LogP contribution in [0.15, 0.2) is 49.1 Å². The fourth-order valence-corrected chi connectivity index (χ4v) is 6.92. The maximum absolute atomic E-state index is 13.1. The average Bonchev–Trinajstić information content (AvgIpc) is 3.75. The van der Waals surface area contributed by atoms with Gasteiger partial charge in [0.15, 0.2) is 0 Å². The maximum Gasteiger partial charge on any atom is 0.323 e. The Labute approximate surface area is 244 Å². The van der Waals surface area contributed by atoms with Crippen molar-refractivity contribution in [3.63, 3.8) is 0 Å². The van der Waals surface area contributed by atoms with E-state index in [1.165, 1.54) is 24.0 Å². The number of hydrogen-bond donors (Lipinski definition) is 2. The van der Waals surface area contributed by atoms with E-state index in [9.17, 15) is 4.79 Å². The van der Waals surface area contributed by atoms with Crippen molar-refractivity contribution in [2.75, 3.05) is 26.2 Å². The van der Waals surface area contributed by atoms with Crippen molar-refractivity contribution < 1.29 is 9.53 Å². The van der Waals surface area contributed by atoms with Gasteiger partial charge in [-0.2, -0.15) is 0 Å². The van der Waals surface area contributed by atoms with Gasteiger partial charge in [-0.3, -0.25) is 14.6 Å². The van der Waals surface area contributed by atoms with Crippen molar-refractivity contribution in [2.24, 2.45) is 5.41 Å². The van der Waals surface area contributed by atoms with Crippen LogP contribution in [0.1, 0.15) is 75.7 Å². The SMILES string of the molecule is CCOC(=O)[C@@H]1CC2(CCN(C(CC)CC)CC2)CN1Cc1ccc(CN(Cc2ncc[nH]2)Cc2ncc[nH]2)cc1. The third-order valence-electron chi connectivity index (χ3n) is 9.15. The highest BCUT2D eigenvalue weighted by Gasteiger charge is 2.48. The summed E-state index contributed by atoms with van der Waals surface area (Å²) in [6.07, 6.45) is 13.0. The molecule has 9 heteroatoms. The number of likely N-dealkylation sites (tertiary alicyclic amines) is 2. The summed E-state index contributed by atoms with van der Waals surface area (Å²) in [5.41, 5.74) is 2.68. The molecule has 2 N–H and O–H groups in total. The second-order valence-corrected chi connectivity index (χ2v) is 11.9. The summed E-state index contributed by atoms with van der Waals surface area (Å²) in [5, 5.41) is 0. The highest BCUT2D eigenvalue weighted by molar-refractivity contribution is 5.76. The summed E-state index contributed by atoms with van der Waals surface area (Å²) in [5.74, 6) is 1.81. The summed E-state index contributed by atoms with van der Waals surface area (Å²) >= 11 is 0. The number of esters is 1. The number of H-pyrrole nitrogens is 2. The molecule has 9 nitrogen and oxygen atoms in total. The molecule has 5 rings (SSSR count). The predicted molar refractivity (Wildman–Crippen MR) is 160 cm³/mol. The predicted octanol–water partition coefficient (Wildman–Crippen LogP) is 4.74. The van der Waals surface area contributed by atoms with Gasteiger partial charge in [0, 0.05) is 50.5 Å². The van der Waals surface area contributed by atoms with Crippen LogP contribution in [-0.4, -0.2) is 78.9 Å². The van der Waals surface area contributed by atoms with Crippen molar-refractivity contribution in [1.29, 1.82) is 0 Å². The summed E-state index contributed by atoms with van der Waals surface area (Å²) in [6.45, 7) is 13.1. The van der Waals surface area contributed by atoms with Gasteiger partial charge in [0.25, 0.3) is 0 Å². The van der Waals surface area contributed by atoms with E-state index in [1.54, 1.807) is 12.4 Å². The topological polar surface area (TPSA) is 93.4 Å². The third-order valence-corrected chi connectivity index (χ3v) is 9.15. The molecule has 0 saturated carbocycles. The van der Waals surface area contributed by atoms with Crippen molar-refractivity contribution in [1.82, 2.24) is 34.6 Å². The summed E-state index contributed by atoms with van der Waals surface area (Å²) in [6, 6.07) is 9.38. The number of ether oxygens (including phenoxy) is 1. The van der Waals surface area contributed by atoms with Gasteiger partial charge in [-0.05, 0) is 68.7 Å². The Morgan fingerprint density at radius 3 is 2.12 bits per heavy atom. The number of piperidine rings is 1. The number of carbonyl (C=O) groups excluding carboxylic acids is 1. The lowest BCUT2D eigenvalue weighted by molar-refractivity contribution is -0.148. The normalized spacial score (nSPS) is 19.5. The van der Waals surface area contributed by atoms with Crippen LogP contribution in [0.5, 0.6) is 0 Å². The van der Waals surface area contributed by atoms with Gasteiger partial charge < -0.3 is 19.6 Å². The Morgan fingerprint density at radius 2 is 1.59 bits per heavy atom. The zero-order valence-electron chi connectivity index (χ0n) is 25.0. The van der Waals surface area contributed by atoms with Gasteiger partial charge in [-0.15, -0.1) is 0 Å². The molecule has 222 valence electrons. The van der Waals surface area contributed by atoms with Gasteiger partial charge >= 0.3 is 5.97 Å². The first-order chi connectivity index (χ1) is 20.0. The third kappa shape index (κ3) is 7.45. The number of aromatic amines is 2. The number of carbonyl (C=O) groups is 1. The molecule has 1 spiro atoms. The Bertz CT molecular complexity index is 1150. The van der Waals surface area contributed by atoms with Crippen LogP contribution >= 0.6 is 0 Å². The van der Waals surface area contributed by atoms with Crippen LogP contribution < -0.4 is 0 Å². The summed E-state index contributed by atoms with van der Waals surface area (Å²) in [4.78, 5) is 35.7. The first-order valence-corrected chi connectivity index (χ1v) is 15.4. The number of benzene rings is 1. The number of imidazole rings is 2. The van der Waals surface area contributed by atoms with Crippen molar-refractivity contribution in [3.8, 4) is 0 Å². The van der Waals surface area contributed by atoms with Gasteiger partial charge in [-0.25, -0.2) is 9.97 Å². The van der Waals surface area contributed by atoms with E-state index in [0.717, 1.165) is 63.6 Å². The molecule has 41 heavy (non-hydrogen) atoms. The average molecular weight is 562 g/mol. The smallest absolute Gasteiger partial charge is 0.323 e. The molecule has 0 amide bonds. The van der Waals surface area contributed by atoms with Gasteiger partial charge in [-0.1, -0.05) is 38.1 Å². The minimum atomic E-state index is -0.161. The largest absolute Gasteiger partial charge is 0.465 e. The molecule has 1 aromatic carbocycles. The summed E-state index contributed by atoms with van der Waals surface area (Å²) < 4.78 is 5.56. The number of aromatic nitrogens is 4. The minimum absolute atomic E-state index is 0.0603. The van der Waals surface area contributed by atoms with Crippen LogP contribution in [0.3, 0.4) is 0 Å². The molecule has 2 saturated heterocycles. The van der Waals surface area contributed by atoms with Gasteiger partial charge in [0.1, 0.15) is 17.7 Å². The zero-order valence-corrected chi connectivity index (χ0v) is 25.0.